The van der Waals surface area contributed by atoms with Crippen molar-refractivity contribution in [3.8, 4) is 0 Å². The van der Waals surface area contributed by atoms with E-state index in [-0.39, 0.29) is 49.1 Å². The number of piperidine rings is 1. The minimum atomic E-state index is -4.71. The number of halogens is 7. The number of sulfonamides is 1. The van der Waals surface area contributed by atoms with E-state index in [0.717, 1.165) is 6.07 Å². The number of rotatable bonds is 6. The Morgan fingerprint density at radius 1 is 1.02 bits per heavy atom. The first-order valence-corrected chi connectivity index (χ1v) is 14.6. The van der Waals surface area contributed by atoms with Crippen molar-refractivity contribution in [2.75, 3.05) is 23.3 Å². The van der Waals surface area contributed by atoms with Gasteiger partial charge in [-0.25, -0.2) is 18.1 Å². The highest BCUT2D eigenvalue weighted by Gasteiger charge is 2.41. The topological polar surface area (TPSA) is 79.3 Å². The van der Waals surface area contributed by atoms with Gasteiger partial charge in [0.2, 0.25) is 16.0 Å². The minimum Gasteiger partial charge on any atom is -0.370 e. The number of aromatic nitrogens is 2. The Hall–Kier alpha value is -2.71. The molecule has 226 valence electrons. The minimum absolute atomic E-state index is 0.0573. The molecule has 0 atom stereocenters. The van der Waals surface area contributed by atoms with Crippen molar-refractivity contribution in [2.24, 2.45) is 13.0 Å². The van der Waals surface area contributed by atoms with Crippen LogP contribution in [0.2, 0.25) is 5.02 Å². The van der Waals surface area contributed by atoms with Crippen LogP contribution in [0.4, 0.5) is 43.7 Å². The number of anilines is 3. The van der Waals surface area contributed by atoms with Gasteiger partial charge in [0.15, 0.2) is 0 Å². The summed E-state index contributed by atoms with van der Waals surface area (Å²) in [5, 5.41) is 2.98. The monoisotopic (exact) mass is 625 g/mol. The molecule has 41 heavy (non-hydrogen) atoms. The second kappa shape index (κ2) is 10.8. The lowest BCUT2D eigenvalue weighted by molar-refractivity contribution is -0.179. The van der Waals surface area contributed by atoms with E-state index in [2.05, 4.69) is 15.0 Å². The van der Waals surface area contributed by atoms with E-state index in [1.165, 1.54) is 43.5 Å². The summed E-state index contributed by atoms with van der Waals surface area (Å²) in [5.74, 6) is -1.32. The zero-order valence-electron chi connectivity index (χ0n) is 22.7. The number of nitrogens with zero attached hydrogens (tertiary/aromatic N) is 3. The Kier molecular flexibility index (Phi) is 8.26. The third-order valence-electron chi connectivity index (χ3n) is 7.16. The maximum Gasteiger partial charge on any atom is 0.418 e. The van der Waals surface area contributed by atoms with Crippen LogP contribution in [-0.4, -0.2) is 42.0 Å². The number of aryl methyl sites for hydroxylation is 1. The Morgan fingerprint density at radius 2 is 1.66 bits per heavy atom. The molecular weight excluding hydrogens is 596 g/mol. The molecule has 0 amide bonds. The summed E-state index contributed by atoms with van der Waals surface area (Å²) in [6.45, 7) is 4.59. The van der Waals surface area contributed by atoms with Crippen molar-refractivity contribution in [2.45, 2.75) is 57.3 Å². The summed E-state index contributed by atoms with van der Waals surface area (Å²) in [6, 6.07) is 6.45. The molecule has 0 aliphatic carbocycles. The predicted octanol–water partition coefficient (Wildman–Crippen LogP) is 6.99. The van der Waals surface area contributed by atoms with Crippen LogP contribution in [-0.2, 0) is 29.8 Å². The SMILES string of the molecule is Cn1c(Nc2cc(CNS(=O)(=O)C(C)(C)C)ccc2C(F)(F)F)nc2cc(Cl)c(N3CCC(C(F)(F)F)CC3)cc21. The molecule has 1 fully saturated rings. The highest BCUT2D eigenvalue weighted by molar-refractivity contribution is 7.90. The van der Waals surface area contributed by atoms with Crippen LogP contribution in [0.25, 0.3) is 11.0 Å². The van der Waals surface area contributed by atoms with Crippen LogP contribution >= 0.6 is 11.6 Å². The van der Waals surface area contributed by atoms with Gasteiger partial charge in [-0.3, -0.25) is 0 Å². The maximum atomic E-state index is 13.9. The van der Waals surface area contributed by atoms with E-state index in [0.29, 0.717) is 22.3 Å². The van der Waals surface area contributed by atoms with E-state index in [1.54, 1.807) is 18.0 Å². The first-order chi connectivity index (χ1) is 18.8. The second-order valence-corrected chi connectivity index (χ2v) is 14.0. The quantitative estimate of drug-likeness (QED) is 0.289. The lowest BCUT2D eigenvalue weighted by Gasteiger charge is -2.34. The first kappa shape index (κ1) is 31.2. The summed E-state index contributed by atoms with van der Waals surface area (Å²) in [7, 11) is -2.16. The fraction of sp³-hybridized carbons (Fsp3) is 0.500. The molecule has 1 aliphatic rings. The van der Waals surface area contributed by atoms with Gasteiger partial charge in [0.25, 0.3) is 0 Å². The summed E-state index contributed by atoms with van der Waals surface area (Å²) in [6.07, 6.45) is -9.11. The summed E-state index contributed by atoms with van der Waals surface area (Å²) in [4.78, 5) is 6.15. The van der Waals surface area contributed by atoms with E-state index < -0.39 is 38.6 Å². The average molecular weight is 626 g/mol. The van der Waals surface area contributed by atoms with E-state index in [1.807, 2.05) is 0 Å². The van der Waals surface area contributed by atoms with Crippen LogP contribution in [0.5, 0.6) is 0 Å². The normalized spacial score (nSPS) is 16.0. The molecule has 1 aliphatic heterocycles. The molecular formula is C26H30ClF6N5O2S. The molecule has 1 aromatic heterocycles. The number of alkyl halides is 6. The zero-order valence-corrected chi connectivity index (χ0v) is 24.3. The number of fused-ring (bicyclic) bond motifs is 1. The molecule has 7 nitrogen and oxygen atoms in total. The van der Waals surface area contributed by atoms with Gasteiger partial charge in [-0.05, 0) is 63.4 Å². The highest BCUT2D eigenvalue weighted by atomic mass is 35.5. The van der Waals surface area contributed by atoms with Crippen molar-refractivity contribution in [3.63, 3.8) is 0 Å². The van der Waals surface area contributed by atoms with Crippen LogP contribution in [0, 0.1) is 5.92 Å². The highest BCUT2D eigenvalue weighted by Crippen LogP contribution is 2.40. The third kappa shape index (κ3) is 6.69. The number of hydrogen-bond donors (Lipinski definition) is 2. The van der Waals surface area contributed by atoms with E-state index >= 15 is 0 Å². The van der Waals surface area contributed by atoms with Gasteiger partial charge in [0, 0.05) is 26.7 Å². The summed E-state index contributed by atoms with van der Waals surface area (Å²) < 4.78 is 109. The van der Waals surface area contributed by atoms with E-state index in [9.17, 15) is 34.8 Å². The van der Waals surface area contributed by atoms with Crippen molar-refractivity contribution >= 4 is 50.0 Å². The number of hydrogen-bond acceptors (Lipinski definition) is 5. The number of imidazole rings is 1. The van der Waals surface area contributed by atoms with Gasteiger partial charge in [0.05, 0.1) is 43.7 Å². The molecule has 0 unspecified atom stereocenters. The number of benzene rings is 2. The van der Waals surface area contributed by atoms with E-state index in [4.69, 9.17) is 11.6 Å². The maximum absolute atomic E-state index is 13.9. The summed E-state index contributed by atoms with van der Waals surface area (Å²) >= 11 is 6.46. The molecule has 3 aromatic rings. The molecule has 2 heterocycles. The van der Waals surface area contributed by atoms with Gasteiger partial charge in [-0.1, -0.05) is 17.7 Å². The molecule has 0 spiro atoms. The second-order valence-electron chi connectivity index (χ2n) is 11.0. The molecule has 0 bridgehead atoms. The van der Waals surface area contributed by atoms with Gasteiger partial charge < -0.3 is 14.8 Å². The fourth-order valence-corrected chi connectivity index (χ4v) is 5.64. The zero-order chi connectivity index (χ0) is 30.5. The van der Waals surface area contributed by atoms with Gasteiger partial charge in [-0.15, -0.1) is 0 Å². The molecule has 15 heteroatoms. The first-order valence-electron chi connectivity index (χ1n) is 12.7. The Morgan fingerprint density at radius 3 is 2.22 bits per heavy atom. The van der Waals surface area contributed by atoms with Gasteiger partial charge in [0.1, 0.15) is 0 Å². The van der Waals surface area contributed by atoms with Crippen molar-refractivity contribution in [1.29, 1.82) is 0 Å². The molecule has 2 aromatic carbocycles. The van der Waals surface area contributed by atoms with Crippen molar-refractivity contribution < 1.29 is 34.8 Å². The Labute approximate surface area is 238 Å². The van der Waals surface area contributed by atoms with Crippen LogP contribution in [0.3, 0.4) is 0 Å². The lowest BCUT2D eigenvalue weighted by Crippen LogP contribution is -2.39. The standard InChI is InChI=1S/C26H30ClF6N5O2S/c1-24(2,3)41(39,40)34-14-15-5-6-17(26(31,32)33)19(11-15)35-23-36-20-12-18(27)21(13-22(20)37(23)4)38-9-7-16(8-10-38)25(28,29)30/h5-6,11-13,16,34H,7-10,14H2,1-4H3,(H,35,36). The van der Waals surface area contributed by atoms with Crippen LogP contribution in [0.15, 0.2) is 30.3 Å². The van der Waals surface area contributed by atoms with Gasteiger partial charge >= 0.3 is 12.4 Å². The van der Waals surface area contributed by atoms with Crippen molar-refractivity contribution in [1.82, 2.24) is 14.3 Å². The molecule has 2 N–H and O–H groups in total. The van der Waals surface area contributed by atoms with Crippen molar-refractivity contribution in [3.05, 3.63) is 46.5 Å². The van der Waals surface area contributed by atoms with Gasteiger partial charge in [-0.2, -0.15) is 26.3 Å². The number of nitrogens with one attached hydrogen (secondary N) is 2. The predicted molar refractivity (Wildman–Crippen MR) is 147 cm³/mol. The lowest BCUT2D eigenvalue weighted by atomic mass is 9.96. The third-order valence-corrected chi connectivity index (χ3v) is 9.60. The smallest absolute Gasteiger partial charge is 0.370 e. The fourth-order valence-electron chi connectivity index (χ4n) is 4.57. The van der Waals surface area contributed by atoms with Crippen LogP contribution < -0.4 is 14.9 Å². The molecule has 0 radical (unpaired) electrons. The summed E-state index contributed by atoms with van der Waals surface area (Å²) in [5.41, 5.74) is 0.379. The molecule has 0 saturated carbocycles. The molecule has 1 saturated heterocycles. The van der Waals surface area contributed by atoms with Crippen LogP contribution in [0.1, 0.15) is 44.7 Å². The largest absolute Gasteiger partial charge is 0.418 e. The Balaban J connectivity index is 1.64. The Bertz CT molecular complexity index is 1540. The average Bonchev–Trinajstić information content (AvgIpc) is 3.14. The molecule has 4 rings (SSSR count).